The number of nitrogens with zero attached hydrogens (tertiary/aromatic N) is 3. The van der Waals surface area contributed by atoms with E-state index in [4.69, 9.17) is 9.73 Å². The van der Waals surface area contributed by atoms with Crippen LogP contribution in [-0.2, 0) is 13.1 Å². The van der Waals surface area contributed by atoms with Crippen LogP contribution in [-0.4, -0.2) is 55.5 Å². The lowest BCUT2D eigenvalue weighted by atomic mass is 10.1. The Morgan fingerprint density at radius 2 is 1.81 bits per heavy atom. The number of likely N-dealkylation sites (tertiary alicyclic amines) is 1. The molecule has 2 aromatic rings. The minimum Gasteiger partial charge on any atom is -0.496 e. The summed E-state index contributed by atoms with van der Waals surface area (Å²) in [5.41, 5.74) is 2.95. The zero-order valence-electron chi connectivity index (χ0n) is 18.9. The Hall–Kier alpha value is -3.02. The van der Waals surface area contributed by atoms with Gasteiger partial charge < -0.3 is 19.9 Å². The Balaban J connectivity index is 1.64. The minimum absolute atomic E-state index is 0.139. The van der Waals surface area contributed by atoms with Gasteiger partial charge in [-0.2, -0.15) is 0 Å². The number of piperidine rings is 1. The summed E-state index contributed by atoms with van der Waals surface area (Å²) in [5.74, 6) is 1.85. The van der Waals surface area contributed by atoms with Gasteiger partial charge in [0, 0.05) is 44.4 Å². The molecule has 0 spiro atoms. The van der Waals surface area contributed by atoms with Crippen molar-refractivity contribution in [3.63, 3.8) is 0 Å². The monoisotopic (exact) mass is 422 g/mol. The topological polar surface area (TPSA) is 57.2 Å². The number of para-hydroxylation sites is 1. The van der Waals surface area contributed by atoms with Gasteiger partial charge >= 0.3 is 0 Å². The number of benzene rings is 2. The lowest BCUT2D eigenvalue weighted by molar-refractivity contribution is 0.0724. The van der Waals surface area contributed by atoms with Gasteiger partial charge in [0.2, 0.25) is 0 Å². The van der Waals surface area contributed by atoms with Crippen molar-refractivity contribution in [3.8, 4) is 5.75 Å². The van der Waals surface area contributed by atoms with Crippen molar-refractivity contribution in [2.24, 2.45) is 4.99 Å². The highest BCUT2D eigenvalue weighted by Gasteiger charge is 2.18. The van der Waals surface area contributed by atoms with Gasteiger partial charge in [0.15, 0.2) is 5.96 Å². The summed E-state index contributed by atoms with van der Waals surface area (Å²) < 4.78 is 5.47. The molecule has 1 saturated heterocycles. The first-order chi connectivity index (χ1) is 15.1. The van der Waals surface area contributed by atoms with Crippen LogP contribution < -0.4 is 10.1 Å². The number of amides is 1. The quantitative estimate of drug-likeness (QED) is 0.543. The van der Waals surface area contributed by atoms with E-state index >= 15 is 0 Å². The first kappa shape index (κ1) is 22.7. The van der Waals surface area contributed by atoms with Gasteiger partial charge in [0.1, 0.15) is 5.75 Å². The second kappa shape index (κ2) is 11.4. The van der Waals surface area contributed by atoms with Crippen molar-refractivity contribution < 1.29 is 9.53 Å². The number of nitrogens with one attached hydrogen (secondary N) is 1. The second-order valence-electron chi connectivity index (χ2n) is 7.89. The summed E-state index contributed by atoms with van der Waals surface area (Å²) in [4.78, 5) is 21.5. The van der Waals surface area contributed by atoms with Gasteiger partial charge in [-0.3, -0.25) is 4.79 Å². The molecule has 1 aliphatic rings. The van der Waals surface area contributed by atoms with E-state index < -0.39 is 0 Å². The van der Waals surface area contributed by atoms with Gasteiger partial charge in [-0.05, 0) is 49.9 Å². The molecule has 0 aromatic heterocycles. The standard InChI is InChI=1S/C25H34N4O2/c1-4-26-25(28(2)19-22-10-6-7-11-23(22)31-3)27-18-20-12-14-21(15-13-20)24(30)29-16-8-5-9-17-29/h6-7,10-15H,4-5,8-9,16-19H2,1-3H3,(H,26,27). The van der Waals surface area contributed by atoms with Crippen LogP contribution in [0.15, 0.2) is 53.5 Å². The summed E-state index contributed by atoms with van der Waals surface area (Å²) in [6, 6.07) is 15.9. The number of hydrogen-bond donors (Lipinski definition) is 1. The Morgan fingerprint density at radius 3 is 2.48 bits per heavy atom. The summed E-state index contributed by atoms with van der Waals surface area (Å²) in [6.07, 6.45) is 3.43. The molecular weight excluding hydrogens is 388 g/mol. The maximum atomic E-state index is 12.6. The fourth-order valence-electron chi connectivity index (χ4n) is 3.83. The Morgan fingerprint density at radius 1 is 1.10 bits per heavy atom. The number of aliphatic imine (C=N–C) groups is 1. The summed E-state index contributed by atoms with van der Waals surface area (Å²) in [6.45, 7) is 5.84. The molecule has 0 unspecified atom stereocenters. The van der Waals surface area contributed by atoms with Crippen LogP contribution >= 0.6 is 0 Å². The van der Waals surface area contributed by atoms with E-state index in [-0.39, 0.29) is 5.91 Å². The molecule has 6 heteroatoms. The third kappa shape index (κ3) is 6.23. The third-order valence-corrected chi connectivity index (χ3v) is 5.55. The van der Waals surface area contributed by atoms with Gasteiger partial charge in [-0.25, -0.2) is 4.99 Å². The zero-order chi connectivity index (χ0) is 22.1. The third-order valence-electron chi connectivity index (χ3n) is 5.55. The smallest absolute Gasteiger partial charge is 0.253 e. The number of guanidine groups is 1. The number of rotatable bonds is 7. The first-order valence-electron chi connectivity index (χ1n) is 11.1. The molecule has 1 amide bonds. The van der Waals surface area contributed by atoms with Crippen molar-refractivity contribution in [2.75, 3.05) is 33.8 Å². The number of ether oxygens (including phenoxy) is 1. The van der Waals surface area contributed by atoms with Gasteiger partial charge in [0.25, 0.3) is 5.91 Å². The number of hydrogen-bond acceptors (Lipinski definition) is 3. The van der Waals surface area contributed by atoms with E-state index in [0.717, 1.165) is 60.9 Å². The summed E-state index contributed by atoms with van der Waals surface area (Å²) in [5, 5.41) is 3.36. The molecule has 0 saturated carbocycles. The molecule has 1 fully saturated rings. The highest BCUT2D eigenvalue weighted by Crippen LogP contribution is 2.19. The van der Waals surface area contributed by atoms with Gasteiger partial charge in [-0.1, -0.05) is 30.3 Å². The lowest BCUT2D eigenvalue weighted by Crippen LogP contribution is -2.38. The zero-order valence-corrected chi connectivity index (χ0v) is 18.9. The van der Waals surface area contributed by atoms with Crippen molar-refractivity contribution >= 4 is 11.9 Å². The predicted molar refractivity (Wildman–Crippen MR) is 125 cm³/mol. The van der Waals surface area contributed by atoms with E-state index in [9.17, 15) is 4.79 Å². The first-order valence-corrected chi connectivity index (χ1v) is 11.1. The summed E-state index contributed by atoms with van der Waals surface area (Å²) >= 11 is 0. The molecule has 2 aromatic carbocycles. The van der Waals surface area contributed by atoms with Crippen molar-refractivity contribution in [2.45, 2.75) is 39.3 Å². The molecule has 6 nitrogen and oxygen atoms in total. The van der Waals surface area contributed by atoms with Gasteiger partial charge in [0.05, 0.1) is 13.7 Å². The molecule has 0 atom stereocenters. The van der Waals surface area contributed by atoms with Crippen LogP contribution in [0.3, 0.4) is 0 Å². The fraction of sp³-hybridized carbons (Fsp3) is 0.440. The van der Waals surface area contributed by atoms with E-state index in [1.54, 1.807) is 7.11 Å². The number of carbonyl (C=O) groups excluding carboxylic acids is 1. The average Bonchev–Trinajstić information content (AvgIpc) is 2.82. The van der Waals surface area contributed by atoms with Crippen LogP contribution in [0.1, 0.15) is 47.7 Å². The molecule has 3 rings (SSSR count). The molecule has 0 bridgehead atoms. The molecule has 1 heterocycles. The molecule has 1 N–H and O–H groups in total. The molecule has 31 heavy (non-hydrogen) atoms. The second-order valence-corrected chi connectivity index (χ2v) is 7.89. The van der Waals surface area contributed by atoms with E-state index in [0.29, 0.717) is 13.1 Å². The maximum absolute atomic E-state index is 12.6. The van der Waals surface area contributed by atoms with E-state index in [1.807, 2.05) is 54.4 Å². The van der Waals surface area contributed by atoms with Crippen LogP contribution in [0.25, 0.3) is 0 Å². The molecule has 166 valence electrons. The van der Waals surface area contributed by atoms with E-state index in [2.05, 4.69) is 23.2 Å². The van der Waals surface area contributed by atoms with Crippen molar-refractivity contribution in [1.29, 1.82) is 0 Å². The molecule has 0 aliphatic carbocycles. The molecule has 0 radical (unpaired) electrons. The van der Waals surface area contributed by atoms with Crippen molar-refractivity contribution in [1.82, 2.24) is 15.1 Å². The molecular formula is C25H34N4O2. The normalized spacial score (nSPS) is 14.3. The van der Waals surface area contributed by atoms with Crippen LogP contribution in [0.4, 0.5) is 0 Å². The Labute approximate surface area is 185 Å². The highest BCUT2D eigenvalue weighted by molar-refractivity contribution is 5.94. The fourth-order valence-corrected chi connectivity index (χ4v) is 3.83. The van der Waals surface area contributed by atoms with Crippen LogP contribution in [0.5, 0.6) is 5.75 Å². The molecule has 1 aliphatic heterocycles. The highest BCUT2D eigenvalue weighted by atomic mass is 16.5. The van der Waals surface area contributed by atoms with Crippen LogP contribution in [0.2, 0.25) is 0 Å². The largest absolute Gasteiger partial charge is 0.496 e. The number of carbonyl (C=O) groups is 1. The lowest BCUT2D eigenvalue weighted by Gasteiger charge is -2.26. The predicted octanol–water partition coefficient (Wildman–Crippen LogP) is 3.92. The summed E-state index contributed by atoms with van der Waals surface area (Å²) in [7, 11) is 3.71. The average molecular weight is 423 g/mol. The Bertz CT molecular complexity index is 873. The SMILES string of the molecule is CCNC(=NCc1ccc(C(=O)N2CCCCC2)cc1)N(C)Cc1ccccc1OC. The minimum atomic E-state index is 0.139. The van der Waals surface area contributed by atoms with Gasteiger partial charge in [-0.15, -0.1) is 0 Å². The van der Waals surface area contributed by atoms with E-state index in [1.165, 1.54) is 6.42 Å². The Kier molecular flexibility index (Phi) is 8.33. The maximum Gasteiger partial charge on any atom is 0.253 e. The number of methoxy groups -OCH3 is 1. The van der Waals surface area contributed by atoms with Crippen LogP contribution in [0, 0.1) is 0 Å². The van der Waals surface area contributed by atoms with Crippen molar-refractivity contribution in [3.05, 3.63) is 65.2 Å².